The van der Waals surface area contributed by atoms with Crippen LogP contribution in [0.1, 0.15) is 19.7 Å². The Labute approximate surface area is 206 Å². The first-order chi connectivity index (χ1) is 17.0. The summed E-state index contributed by atoms with van der Waals surface area (Å²) in [7, 11) is 0. The van der Waals surface area contributed by atoms with Crippen LogP contribution in [0.4, 0.5) is 17.6 Å². The number of alkyl halides is 3. The number of aliphatic hydroxyl groups excluding tert-OH is 1. The van der Waals surface area contributed by atoms with Gasteiger partial charge in [0.15, 0.2) is 23.5 Å². The van der Waals surface area contributed by atoms with Crippen LogP contribution in [-0.2, 0) is 13.2 Å². The van der Waals surface area contributed by atoms with Gasteiger partial charge >= 0.3 is 11.9 Å². The molecule has 0 saturated carbocycles. The van der Waals surface area contributed by atoms with Crippen LogP contribution >= 0.6 is 11.6 Å². The molecule has 1 N–H and O–H groups in total. The molecule has 0 radical (unpaired) electrons. The third-order valence-electron chi connectivity index (χ3n) is 5.30. The van der Waals surface area contributed by atoms with Crippen molar-refractivity contribution in [3.05, 3.63) is 69.7 Å². The van der Waals surface area contributed by atoms with Gasteiger partial charge in [-0.05, 0) is 43.5 Å². The van der Waals surface area contributed by atoms with Crippen molar-refractivity contribution >= 4 is 22.4 Å². The molecule has 1 atom stereocenters. The van der Waals surface area contributed by atoms with Crippen LogP contribution in [-0.4, -0.2) is 36.7 Å². The quantitative estimate of drug-likeness (QED) is 0.340. The van der Waals surface area contributed by atoms with Crippen molar-refractivity contribution in [1.29, 1.82) is 0 Å². The Bertz CT molecular complexity index is 1470. The molecular weight excluding hydrogens is 508 g/mol. The van der Waals surface area contributed by atoms with Crippen molar-refractivity contribution in [1.82, 2.24) is 19.3 Å². The molecule has 0 saturated heterocycles. The summed E-state index contributed by atoms with van der Waals surface area (Å²) in [4.78, 5) is 16.9. The molecule has 13 heteroatoms. The zero-order valence-corrected chi connectivity index (χ0v) is 19.6. The molecule has 0 aliphatic rings. The van der Waals surface area contributed by atoms with Gasteiger partial charge < -0.3 is 14.6 Å². The van der Waals surface area contributed by atoms with E-state index in [0.717, 1.165) is 23.7 Å². The first-order valence-corrected chi connectivity index (χ1v) is 11.0. The van der Waals surface area contributed by atoms with E-state index in [2.05, 4.69) is 10.1 Å². The Balaban J connectivity index is 1.95. The molecule has 2 heterocycles. The van der Waals surface area contributed by atoms with Crippen LogP contribution < -0.4 is 15.2 Å². The highest BCUT2D eigenvalue weighted by molar-refractivity contribution is 6.32. The van der Waals surface area contributed by atoms with Crippen molar-refractivity contribution in [2.45, 2.75) is 39.3 Å². The molecule has 2 aromatic carbocycles. The average Bonchev–Trinajstić information content (AvgIpc) is 3.16. The van der Waals surface area contributed by atoms with Crippen LogP contribution in [0.25, 0.3) is 16.5 Å². The fourth-order valence-corrected chi connectivity index (χ4v) is 3.70. The Morgan fingerprint density at radius 2 is 1.97 bits per heavy atom. The van der Waals surface area contributed by atoms with Gasteiger partial charge in [0.1, 0.15) is 12.4 Å². The summed E-state index contributed by atoms with van der Waals surface area (Å²) in [6.45, 7) is 2.17. The minimum Gasteiger partial charge on any atom is -0.480 e. The molecule has 190 valence electrons. The maximum atomic E-state index is 14.4. The number of pyridine rings is 1. The number of aliphatic hydroxyl groups is 1. The minimum absolute atomic E-state index is 0.0120. The number of para-hydroxylation sites is 1. The van der Waals surface area contributed by atoms with E-state index >= 15 is 0 Å². The van der Waals surface area contributed by atoms with E-state index in [1.165, 1.54) is 35.0 Å². The van der Waals surface area contributed by atoms with Gasteiger partial charge in [-0.15, -0.1) is 5.10 Å². The van der Waals surface area contributed by atoms with Gasteiger partial charge in [0.25, 0.3) is 0 Å². The molecule has 36 heavy (non-hydrogen) atoms. The van der Waals surface area contributed by atoms with Gasteiger partial charge in [0.2, 0.25) is 5.88 Å². The average molecular weight is 527 g/mol. The molecule has 0 aliphatic carbocycles. The van der Waals surface area contributed by atoms with E-state index in [9.17, 15) is 27.5 Å². The summed E-state index contributed by atoms with van der Waals surface area (Å²) >= 11 is 6.04. The van der Waals surface area contributed by atoms with E-state index < -0.39 is 30.4 Å². The summed E-state index contributed by atoms with van der Waals surface area (Å²) in [6.07, 6.45) is -5.68. The zero-order valence-electron chi connectivity index (χ0n) is 18.9. The molecule has 0 aliphatic heterocycles. The van der Waals surface area contributed by atoms with Gasteiger partial charge in [0.05, 0.1) is 16.1 Å². The molecule has 0 amide bonds. The molecule has 0 bridgehead atoms. The molecule has 4 aromatic rings. The van der Waals surface area contributed by atoms with Crippen LogP contribution in [0, 0.1) is 5.82 Å². The second kappa shape index (κ2) is 9.78. The fraction of sp³-hybridized carbons (Fsp3) is 0.261. The molecule has 0 fully saturated rings. The third-order valence-corrected chi connectivity index (χ3v) is 5.60. The van der Waals surface area contributed by atoms with Crippen LogP contribution in [0.2, 0.25) is 5.02 Å². The maximum Gasteiger partial charge on any atom is 0.425 e. The summed E-state index contributed by atoms with van der Waals surface area (Å²) in [5.41, 5.74) is -0.542. The molecule has 0 spiro atoms. The molecular formula is C23H19ClF4N4O4. The minimum atomic E-state index is -4.72. The van der Waals surface area contributed by atoms with Crippen LogP contribution in [0.15, 0.2) is 47.4 Å². The number of fused-ring (bicyclic) bond motifs is 1. The predicted octanol–water partition coefficient (Wildman–Crippen LogP) is 5.01. The van der Waals surface area contributed by atoms with Crippen LogP contribution in [0.3, 0.4) is 0 Å². The zero-order chi connectivity index (χ0) is 26.2. The SMILES string of the molecule is CCn1c(CO)nn(-c2cc(O[C@@H](C)C(F)(F)F)c3c(Oc4c(F)cccc4Cl)nccc3c2)c1=O. The fourth-order valence-electron chi connectivity index (χ4n) is 3.50. The molecule has 0 unspecified atom stereocenters. The Morgan fingerprint density at radius 3 is 2.58 bits per heavy atom. The van der Waals surface area contributed by atoms with Gasteiger partial charge in [-0.3, -0.25) is 4.57 Å². The summed E-state index contributed by atoms with van der Waals surface area (Å²) in [6, 6.07) is 7.91. The highest BCUT2D eigenvalue weighted by Gasteiger charge is 2.38. The highest BCUT2D eigenvalue weighted by Crippen LogP contribution is 2.40. The Kier molecular flexibility index (Phi) is 6.92. The Hall–Kier alpha value is -3.64. The van der Waals surface area contributed by atoms with E-state index in [1.807, 2.05) is 0 Å². The largest absolute Gasteiger partial charge is 0.480 e. The van der Waals surface area contributed by atoms with E-state index in [4.69, 9.17) is 21.1 Å². The van der Waals surface area contributed by atoms with Crippen LogP contribution in [0.5, 0.6) is 17.4 Å². The Morgan fingerprint density at radius 1 is 1.22 bits per heavy atom. The van der Waals surface area contributed by atoms with E-state index in [1.54, 1.807) is 6.92 Å². The molecule has 8 nitrogen and oxygen atoms in total. The van der Waals surface area contributed by atoms with Crippen molar-refractivity contribution in [2.75, 3.05) is 0 Å². The number of nitrogens with zero attached hydrogens (tertiary/aromatic N) is 4. The van der Waals surface area contributed by atoms with Gasteiger partial charge in [-0.1, -0.05) is 17.7 Å². The summed E-state index contributed by atoms with van der Waals surface area (Å²) in [5.74, 6) is -1.72. The highest BCUT2D eigenvalue weighted by atomic mass is 35.5. The van der Waals surface area contributed by atoms with Crippen molar-refractivity contribution < 1.29 is 32.1 Å². The van der Waals surface area contributed by atoms with Crippen molar-refractivity contribution in [2.24, 2.45) is 0 Å². The number of halogens is 5. The van der Waals surface area contributed by atoms with Gasteiger partial charge in [-0.2, -0.15) is 17.9 Å². The van der Waals surface area contributed by atoms with Crippen molar-refractivity contribution in [3.8, 4) is 23.1 Å². The number of hydrogen-bond acceptors (Lipinski definition) is 6. The maximum absolute atomic E-state index is 14.4. The first-order valence-electron chi connectivity index (χ1n) is 10.6. The summed E-state index contributed by atoms with van der Waals surface area (Å²) in [5, 5.41) is 13.8. The van der Waals surface area contributed by atoms with Gasteiger partial charge in [0, 0.05) is 18.8 Å². The van der Waals surface area contributed by atoms with E-state index in [-0.39, 0.29) is 51.2 Å². The smallest absolute Gasteiger partial charge is 0.425 e. The first kappa shape index (κ1) is 25.5. The molecule has 4 rings (SSSR count). The number of rotatable bonds is 7. The lowest BCUT2D eigenvalue weighted by molar-refractivity contribution is -0.189. The second-order valence-corrected chi connectivity index (χ2v) is 8.03. The summed E-state index contributed by atoms with van der Waals surface area (Å²) < 4.78 is 67.5. The number of aromatic nitrogens is 4. The standard InChI is InChI=1S/C23H19ClF4N4O4/c1-3-31-18(11-33)30-32(22(31)34)14-9-13-7-8-29-21(36-20-15(24)5-4-6-16(20)25)19(13)17(10-14)35-12(2)23(26,27)28/h4-10,12,33H,3,11H2,1-2H3/t12-/m0/s1. The van der Waals surface area contributed by atoms with Crippen molar-refractivity contribution in [3.63, 3.8) is 0 Å². The second-order valence-electron chi connectivity index (χ2n) is 7.63. The topological polar surface area (TPSA) is 91.4 Å². The lowest BCUT2D eigenvalue weighted by Crippen LogP contribution is -2.31. The third kappa shape index (κ3) is 4.73. The lowest BCUT2D eigenvalue weighted by atomic mass is 10.1. The lowest BCUT2D eigenvalue weighted by Gasteiger charge is -2.20. The molecule has 2 aromatic heterocycles. The normalized spacial score (nSPS) is 12.7. The number of hydrogen-bond donors (Lipinski definition) is 1. The monoisotopic (exact) mass is 526 g/mol. The number of ether oxygens (including phenoxy) is 2. The predicted molar refractivity (Wildman–Crippen MR) is 122 cm³/mol. The number of benzene rings is 2. The van der Waals surface area contributed by atoms with E-state index in [0.29, 0.717) is 0 Å². The van der Waals surface area contributed by atoms with Gasteiger partial charge in [-0.25, -0.2) is 14.2 Å².